The predicted molar refractivity (Wildman–Crippen MR) is 51.7 cm³/mol. The quantitative estimate of drug-likeness (QED) is 0.845. The van der Waals surface area contributed by atoms with Crippen molar-refractivity contribution in [3.63, 3.8) is 0 Å². The molecule has 0 aliphatic carbocycles. The van der Waals surface area contributed by atoms with Crippen LogP contribution in [-0.4, -0.2) is 21.2 Å². The third kappa shape index (κ3) is 1.82. The number of carboxylic acids is 1. The second kappa shape index (κ2) is 3.70. The molecule has 1 N–H and O–H groups in total. The fourth-order valence-electron chi connectivity index (χ4n) is 1.07. The van der Waals surface area contributed by atoms with Crippen molar-refractivity contribution in [1.82, 2.24) is 10.1 Å². The number of nitrogens with zero attached hydrogens (tertiary/aromatic N) is 2. The predicted octanol–water partition coefficient (Wildman–Crippen LogP) is 2.09. The van der Waals surface area contributed by atoms with Crippen molar-refractivity contribution in [2.24, 2.45) is 0 Å². The van der Waals surface area contributed by atoms with Gasteiger partial charge in [0.1, 0.15) is 5.69 Å². The molecule has 0 atom stereocenters. The summed E-state index contributed by atoms with van der Waals surface area (Å²) >= 11 is 5.88. The molecule has 0 saturated carbocycles. The molecule has 0 saturated heterocycles. The van der Waals surface area contributed by atoms with E-state index in [1.165, 1.54) is 18.5 Å². The van der Waals surface area contributed by atoms with Crippen LogP contribution in [0.15, 0.2) is 29.0 Å². The maximum Gasteiger partial charge on any atom is 0.374 e. The second-order valence-corrected chi connectivity index (χ2v) is 3.14. The van der Waals surface area contributed by atoms with Gasteiger partial charge in [-0.3, -0.25) is 4.98 Å². The van der Waals surface area contributed by atoms with Crippen LogP contribution in [0.2, 0.25) is 5.02 Å². The van der Waals surface area contributed by atoms with Crippen LogP contribution in [0.1, 0.15) is 10.6 Å². The van der Waals surface area contributed by atoms with Crippen LogP contribution in [-0.2, 0) is 0 Å². The second-order valence-electron chi connectivity index (χ2n) is 2.74. The van der Waals surface area contributed by atoms with Crippen molar-refractivity contribution in [2.75, 3.05) is 0 Å². The minimum absolute atomic E-state index is 0.232. The van der Waals surface area contributed by atoms with E-state index in [-0.39, 0.29) is 5.76 Å². The fourth-order valence-corrected chi connectivity index (χ4v) is 1.27. The van der Waals surface area contributed by atoms with E-state index in [9.17, 15) is 4.79 Å². The van der Waals surface area contributed by atoms with Gasteiger partial charge in [-0.15, -0.1) is 0 Å². The summed E-state index contributed by atoms with van der Waals surface area (Å²) in [4.78, 5) is 14.4. The Hall–Kier alpha value is -1.88. The van der Waals surface area contributed by atoms with E-state index in [0.717, 1.165) is 0 Å². The zero-order chi connectivity index (χ0) is 10.8. The van der Waals surface area contributed by atoms with Crippen LogP contribution >= 0.6 is 11.6 Å². The standard InChI is InChI=1S/C9H5ClN2O3/c10-6-1-2-11-4-5(6)7-3-8(9(13)14)15-12-7/h1-4H,(H,13,14). The highest BCUT2D eigenvalue weighted by Gasteiger charge is 2.14. The lowest BCUT2D eigenvalue weighted by Crippen LogP contribution is -1.91. The normalized spacial score (nSPS) is 10.2. The van der Waals surface area contributed by atoms with Gasteiger partial charge in [0.2, 0.25) is 5.76 Å². The molecule has 0 aliphatic heterocycles. The topological polar surface area (TPSA) is 76.2 Å². The fraction of sp³-hybridized carbons (Fsp3) is 0. The molecule has 0 unspecified atom stereocenters. The van der Waals surface area contributed by atoms with Crippen LogP contribution in [0.25, 0.3) is 11.3 Å². The van der Waals surface area contributed by atoms with Crippen molar-refractivity contribution < 1.29 is 14.4 Å². The van der Waals surface area contributed by atoms with E-state index in [2.05, 4.69) is 14.7 Å². The Balaban J connectivity index is 2.46. The molecule has 2 rings (SSSR count). The number of hydrogen-bond donors (Lipinski definition) is 1. The SMILES string of the molecule is O=C(O)c1cc(-c2cnccc2Cl)no1. The van der Waals surface area contributed by atoms with E-state index >= 15 is 0 Å². The molecule has 5 nitrogen and oxygen atoms in total. The maximum atomic E-state index is 10.5. The molecule has 0 fully saturated rings. The highest BCUT2D eigenvalue weighted by atomic mass is 35.5. The highest BCUT2D eigenvalue weighted by Crippen LogP contribution is 2.25. The minimum Gasteiger partial charge on any atom is -0.475 e. The smallest absolute Gasteiger partial charge is 0.374 e. The van der Waals surface area contributed by atoms with Gasteiger partial charge < -0.3 is 9.63 Å². The molecule has 2 heterocycles. The first-order valence-corrected chi connectivity index (χ1v) is 4.36. The summed E-state index contributed by atoms with van der Waals surface area (Å²) in [5.74, 6) is -1.40. The lowest BCUT2D eigenvalue weighted by molar-refractivity contribution is 0.0652. The largest absolute Gasteiger partial charge is 0.475 e. The van der Waals surface area contributed by atoms with E-state index in [1.807, 2.05) is 0 Å². The molecule has 0 spiro atoms. The van der Waals surface area contributed by atoms with E-state index < -0.39 is 5.97 Å². The summed E-state index contributed by atoms with van der Waals surface area (Å²) in [6.07, 6.45) is 3.02. The van der Waals surface area contributed by atoms with Crippen LogP contribution in [0, 0.1) is 0 Å². The zero-order valence-corrected chi connectivity index (χ0v) is 8.10. The summed E-state index contributed by atoms with van der Waals surface area (Å²) in [5, 5.41) is 12.7. The minimum atomic E-state index is -1.17. The number of rotatable bonds is 2. The Morgan fingerprint density at radius 2 is 2.33 bits per heavy atom. The molecule has 0 radical (unpaired) electrons. The van der Waals surface area contributed by atoms with Gasteiger partial charge in [0, 0.05) is 24.0 Å². The molecule has 76 valence electrons. The number of halogens is 1. The third-order valence-electron chi connectivity index (χ3n) is 1.76. The molecule has 2 aromatic heterocycles. The van der Waals surface area contributed by atoms with Gasteiger partial charge in [-0.25, -0.2) is 4.79 Å². The summed E-state index contributed by atoms with van der Waals surface area (Å²) in [7, 11) is 0. The molecular formula is C9H5ClN2O3. The number of aromatic carboxylic acids is 1. The van der Waals surface area contributed by atoms with Crippen LogP contribution in [0.4, 0.5) is 0 Å². The number of aromatic nitrogens is 2. The van der Waals surface area contributed by atoms with Gasteiger partial charge in [-0.2, -0.15) is 0 Å². The lowest BCUT2D eigenvalue weighted by atomic mass is 10.2. The Labute approximate surface area is 89.3 Å². The van der Waals surface area contributed by atoms with Gasteiger partial charge in [-0.1, -0.05) is 16.8 Å². The van der Waals surface area contributed by atoms with E-state index in [0.29, 0.717) is 16.3 Å². The summed E-state index contributed by atoms with van der Waals surface area (Å²) in [6.45, 7) is 0. The maximum absolute atomic E-state index is 10.5. The zero-order valence-electron chi connectivity index (χ0n) is 7.35. The first-order valence-electron chi connectivity index (χ1n) is 3.98. The number of carbonyl (C=O) groups is 1. The molecular weight excluding hydrogens is 220 g/mol. The lowest BCUT2D eigenvalue weighted by Gasteiger charge is -1.95. The van der Waals surface area contributed by atoms with Crippen molar-refractivity contribution in [3.8, 4) is 11.3 Å². The Morgan fingerprint density at radius 1 is 1.53 bits per heavy atom. The molecule has 0 aromatic carbocycles. The van der Waals surface area contributed by atoms with Gasteiger partial charge in [-0.05, 0) is 6.07 Å². The molecule has 0 aliphatic rings. The van der Waals surface area contributed by atoms with Crippen molar-refractivity contribution in [3.05, 3.63) is 35.3 Å². The Bertz CT molecular complexity index is 510. The molecule has 0 amide bonds. The average molecular weight is 225 g/mol. The molecule has 6 heteroatoms. The van der Waals surface area contributed by atoms with E-state index in [4.69, 9.17) is 16.7 Å². The summed E-state index contributed by atoms with van der Waals surface area (Å²) in [5.41, 5.74) is 0.890. The van der Waals surface area contributed by atoms with Crippen LogP contribution in [0.5, 0.6) is 0 Å². The van der Waals surface area contributed by atoms with Crippen molar-refractivity contribution in [2.45, 2.75) is 0 Å². The summed E-state index contributed by atoms with van der Waals surface area (Å²) < 4.78 is 4.60. The third-order valence-corrected chi connectivity index (χ3v) is 2.09. The first kappa shape index (κ1) is 9.67. The highest BCUT2D eigenvalue weighted by molar-refractivity contribution is 6.33. The number of carboxylic acid groups (broad SMARTS) is 1. The van der Waals surface area contributed by atoms with Crippen LogP contribution < -0.4 is 0 Å². The molecule has 2 aromatic rings. The molecule has 0 bridgehead atoms. The Morgan fingerprint density at radius 3 is 2.93 bits per heavy atom. The van der Waals surface area contributed by atoms with Crippen molar-refractivity contribution in [1.29, 1.82) is 0 Å². The van der Waals surface area contributed by atoms with Gasteiger partial charge >= 0.3 is 5.97 Å². The molecule has 15 heavy (non-hydrogen) atoms. The monoisotopic (exact) mass is 224 g/mol. The van der Waals surface area contributed by atoms with Crippen LogP contribution in [0.3, 0.4) is 0 Å². The van der Waals surface area contributed by atoms with Crippen molar-refractivity contribution >= 4 is 17.6 Å². The number of hydrogen-bond acceptors (Lipinski definition) is 4. The van der Waals surface area contributed by atoms with Gasteiger partial charge in [0.25, 0.3) is 0 Å². The Kier molecular flexibility index (Phi) is 2.39. The van der Waals surface area contributed by atoms with Gasteiger partial charge in [0.05, 0.1) is 5.02 Å². The van der Waals surface area contributed by atoms with E-state index in [1.54, 1.807) is 6.07 Å². The van der Waals surface area contributed by atoms with Gasteiger partial charge in [0.15, 0.2) is 0 Å². The first-order chi connectivity index (χ1) is 7.18. The average Bonchev–Trinajstić information content (AvgIpc) is 2.67. The number of pyridine rings is 1. The summed E-state index contributed by atoms with van der Waals surface area (Å²) in [6, 6.07) is 2.89.